The first-order chi connectivity index (χ1) is 5.97. The molecular formula is C11H26N2Si. The average Bonchev–Trinajstić information content (AvgIpc) is 1.78. The van der Waals surface area contributed by atoms with Gasteiger partial charge in [0, 0.05) is 11.1 Å². The Bertz CT molecular complexity index is 182. The van der Waals surface area contributed by atoms with Gasteiger partial charge >= 0.3 is 0 Å². The lowest BCUT2D eigenvalue weighted by Crippen LogP contribution is -2.68. The van der Waals surface area contributed by atoms with Crippen LogP contribution in [0.15, 0.2) is 12.3 Å². The third-order valence-electron chi connectivity index (χ3n) is 1.68. The Kier molecular flexibility index (Phi) is 4.13. The molecule has 0 saturated heterocycles. The molecule has 0 aromatic heterocycles. The fourth-order valence-electron chi connectivity index (χ4n) is 1.69. The largest absolute Gasteiger partial charge is 0.318 e. The molecule has 0 spiro atoms. The first-order valence-electron chi connectivity index (χ1n) is 5.20. The minimum Gasteiger partial charge on any atom is -0.318 e. The maximum Gasteiger partial charge on any atom is 0.224 e. The molecule has 0 unspecified atom stereocenters. The second-order valence-electron chi connectivity index (χ2n) is 6.16. The molecule has 0 atom stereocenters. The van der Waals surface area contributed by atoms with Crippen LogP contribution in [-0.4, -0.2) is 19.5 Å². The number of hydrogen-bond donors (Lipinski definition) is 2. The van der Waals surface area contributed by atoms with Crippen molar-refractivity contribution < 1.29 is 0 Å². The van der Waals surface area contributed by atoms with E-state index >= 15 is 0 Å². The molecule has 0 heterocycles. The van der Waals surface area contributed by atoms with Crippen molar-refractivity contribution in [2.75, 3.05) is 0 Å². The molecular weight excluding hydrogens is 188 g/mol. The van der Waals surface area contributed by atoms with Gasteiger partial charge in [-0.2, -0.15) is 0 Å². The molecule has 0 aromatic rings. The zero-order valence-corrected chi connectivity index (χ0v) is 11.8. The van der Waals surface area contributed by atoms with E-state index in [2.05, 4.69) is 70.3 Å². The SMILES string of the molecule is C=C[Si](C)(NC(C)(C)C)NC(C)(C)C. The quantitative estimate of drug-likeness (QED) is 0.706. The fourth-order valence-corrected chi connectivity index (χ4v) is 5.07. The minimum absolute atomic E-state index is 0.132. The van der Waals surface area contributed by atoms with E-state index in [9.17, 15) is 0 Å². The Morgan fingerprint density at radius 2 is 1.21 bits per heavy atom. The van der Waals surface area contributed by atoms with Crippen LogP contribution in [0, 0.1) is 0 Å². The van der Waals surface area contributed by atoms with Crippen molar-refractivity contribution in [2.24, 2.45) is 0 Å². The topological polar surface area (TPSA) is 24.1 Å². The Morgan fingerprint density at radius 1 is 0.929 bits per heavy atom. The van der Waals surface area contributed by atoms with Crippen molar-refractivity contribution in [3.8, 4) is 0 Å². The molecule has 0 fully saturated rings. The minimum atomic E-state index is -1.73. The van der Waals surface area contributed by atoms with Gasteiger partial charge in [-0.25, -0.2) is 0 Å². The van der Waals surface area contributed by atoms with E-state index < -0.39 is 8.40 Å². The van der Waals surface area contributed by atoms with Crippen molar-refractivity contribution >= 4 is 8.40 Å². The standard InChI is InChI=1S/C11H26N2Si/c1-9-14(8,12-10(2,3)4)13-11(5,6)7/h9,12-13H,1H2,2-8H3. The molecule has 0 saturated carbocycles. The van der Waals surface area contributed by atoms with Gasteiger partial charge in [-0.3, -0.25) is 0 Å². The first kappa shape index (κ1) is 13.9. The highest BCUT2D eigenvalue weighted by molar-refractivity contribution is 6.78. The number of hydrogen-bond acceptors (Lipinski definition) is 2. The van der Waals surface area contributed by atoms with Gasteiger partial charge < -0.3 is 9.96 Å². The highest BCUT2D eigenvalue weighted by Gasteiger charge is 2.32. The van der Waals surface area contributed by atoms with E-state index in [4.69, 9.17) is 0 Å². The summed E-state index contributed by atoms with van der Waals surface area (Å²) in [5.74, 6) is 0. The van der Waals surface area contributed by atoms with E-state index in [-0.39, 0.29) is 11.1 Å². The lowest BCUT2D eigenvalue weighted by atomic mass is 10.1. The van der Waals surface area contributed by atoms with Crippen LogP contribution in [0.2, 0.25) is 6.55 Å². The molecule has 0 aliphatic rings. The van der Waals surface area contributed by atoms with Crippen LogP contribution < -0.4 is 9.96 Å². The molecule has 0 aliphatic carbocycles. The molecule has 84 valence electrons. The van der Waals surface area contributed by atoms with Crippen molar-refractivity contribution in [1.29, 1.82) is 0 Å². The Balaban J connectivity index is 4.57. The normalized spacial score (nSPS) is 14.2. The monoisotopic (exact) mass is 214 g/mol. The molecule has 0 rings (SSSR count). The fraction of sp³-hybridized carbons (Fsp3) is 0.818. The number of rotatable bonds is 3. The molecule has 0 radical (unpaired) electrons. The van der Waals surface area contributed by atoms with Gasteiger partial charge in [0.1, 0.15) is 0 Å². The van der Waals surface area contributed by atoms with Crippen LogP contribution in [0.1, 0.15) is 41.5 Å². The van der Waals surface area contributed by atoms with Crippen molar-refractivity contribution in [3.05, 3.63) is 12.3 Å². The van der Waals surface area contributed by atoms with Gasteiger partial charge in [0.25, 0.3) is 0 Å². The zero-order chi connectivity index (χ0) is 11.6. The van der Waals surface area contributed by atoms with Crippen molar-refractivity contribution in [3.63, 3.8) is 0 Å². The summed E-state index contributed by atoms with van der Waals surface area (Å²) >= 11 is 0. The lowest BCUT2D eigenvalue weighted by molar-refractivity contribution is 0.468. The summed E-state index contributed by atoms with van der Waals surface area (Å²) in [6, 6.07) is 0. The predicted octanol–water partition coefficient (Wildman–Crippen LogP) is 2.56. The molecule has 3 heteroatoms. The van der Waals surface area contributed by atoms with Crippen LogP contribution in [0.3, 0.4) is 0 Å². The maximum atomic E-state index is 3.94. The Hall–Kier alpha value is -0.123. The third-order valence-corrected chi connectivity index (χ3v) is 5.03. The first-order valence-corrected chi connectivity index (χ1v) is 7.77. The van der Waals surface area contributed by atoms with Gasteiger partial charge in [-0.15, -0.1) is 6.58 Å². The summed E-state index contributed by atoms with van der Waals surface area (Å²) in [7, 11) is -1.73. The molecule has 2 N–H and O–H groups in total. The average molecular weight is 214 g/mol. The van der Waals surface area contributed by atoms with Crippen molar-refractivity contribution in [2.45, 2.75) is 59.2 Å². The number of nitrogens with one attached hydrogen (secondary N) is 2. The summed E-state index contributed by atoms with van der Waals surface area (Å²) in [5.41, 5.74) is 2.32. The highest BCUT2D eigenvalue weighted by Crippen LogP contribution is 2.10. The Labute approximate surface area is 90.3 Å². The van der Waals surface area contributed by atoms with Gasteiger partial charge in [0.15, 0.2) is 0 Å². The molecule has 2 nitrogen and oxygen atoms in total. The van der Waals surface area contributed by atoms with Gasteiger partial charge in [0.05, 0.1) is 0 Å². The summed E-state index contributed by atoms with van der Waals surface area (Å²) in [5, 5.41) is 0. The van der Waals surface area contributed by atoms with E-state index in [0.29, 0.717) is 0 Å². The molecule has 0 bridgehead atoms. The third kappa shape index (κ3) is 6.35. The smallest absolute Gasteiger partial charge is 0.224 e. The van der Waals surface area contributed by atoms with E-state index in [1.807, 2.05) is 0 Å². The van der Waals surface area contributed by atoms with Crippen LogP contribution in [0.4, 0.5) is 0 Å². The molecule has 14 heavy (non-hydrogen) atoms. The summed E-state index contributed by atoms with van der Waals surface area (Å²) in [6.07, 6.45) is 0. The lowest BCUT2D eigenvalue weighted by Gasteiger charge is -2.39. The second-order valence-corrected chi connectivity index (χ2v) is 9.47. The highest BCUT2D eigenvalue weighted by atomic mass is 28.3. The molecule has 0 amide bonds. The Morgan fingerprint density at radius 3 is 1.36 bits per heavy atom. The van der Waals surface area contributed by atoms with Gasteiger partial charge in [-0.05, 0) is 48.1 Å². The summed E-state index contributed by atoms with van der Waals surface area (Å²) in [6.45, 7) is 19.3. The van der Waals surface area contributed by atoms with Crippen LogP contribution in [0.5, 0.6) is 0 Å². The van der Waals surface area contributed by atoms with Gasteiger partial charge in [0.2, 0.25) is 8.40 Å². The summed E-state index contributed by atoms with van der Waals surface area (Å²) < 4.78 is 0. The van der Waals surface area contributed by atoms with Gasteiger partial charge in [-0.1, -0.05) is 5.70 Å². The van der Waals surface area contributed by atoms with E-state index in [0.717, 1.165) is 0 Å². The summed E-state index contributed by atoms with van der Waals surface area (Å²) in [4.78, 5) is 7.30. The zero-order valence-electron chi connectivity index (χ0n) is 10.8. The van der Waals surface area contributed by atoms with Crippen LogP contribution >= 0.6 is 0 Å². The van der Waals surface area contributed by atoms with Crippen molar-refractivity contribution in [1.82, 2.24) is 9.96 Å². The van der Waals surface area contributed by atoms with E-state index in [1.54, 1.807) is 0 Å². The molecule has 0 aliphatic heterocycles. The maximum absolute atomic E-state index is 3.94. The van der Waals surface area contributed by atoms with Crippen LogP contribution in [0.25, 0.3) is 0 Å². The predicted molar refractivity (Wildman–Crippen MR) is 67.6 cm³/mol. The van der Waals surface area contributed by atoms with Crippen LogP contribution in [-0.2, 0) is 0 Å². The second kappa shape index (κ2) is 4.17. The van der Waals surface area contributed by atoms with E-state index in [1.165, 1.54) is 0 Å². The molecule has 0 aromatic carbocycles.